The summed E-state index contributed by atoms with van der Waals surface area (Å²) in [5.41, 5.74) is 1.58. The lowest BCUT2D eigenvalue weighted by Gasteiger charge is -2.42. The number of amides is 2. The number of imide groups is 1. The van der Waals surface area contributed by atoms with Gasteiger partial charge in [0.25, 0.3) is 0 Å². The monoisotopic (exact) mass is 396 g/mol. The quantitative estimate of drug-likeness (QED) is 0.464. The van der Waals surface area contributed by atoms with Crippen molar-refractivity contribution in [3.05, 3.63) is 29.3 Å². The summed E-state index contributed by atoms with van der Waals surface area (Å²) in [7, 11) is 0. The van der Waals surface area contributed by atoms with Crippen molar-refractivity contribution in [3.8, 4) is 0 Å². The van der Waals surface area contributed by atoms with Crippen molar-refractivity contribution in [2.24, 2.45) is 17.8 Å². The highest BCUT2D eigenvalue weighted by Crippen LogP contribution is 2.39. The fourth-order valence-electron chi connectivity index (χ4n) is 4.76. The average Bonchev–Trinajstić information content (AvgIpc) is 2.79. The first-order valence-corrected chi connectivity index (χ1v) is 10.2. The normalized spacial score (nSPS) is 25.2. The summed E-state index contributed by atoms with van der Waals surface area (Å²) in [6.45, 7) is 1.49. The molecule has 1 aromatic rings. The van der Waals surface area contributed by atoms with Gasteiger partial charge in [-0.2, -0.15) is 0 Å². The van der Waals surface area contributed by atoms with E-state index in [0.29, 0.717) is 36.3 Å². The second-order valence-corrected chi connectivity index (χ2v) is 8.20. The van der Waals surface area contributed by atoms with Crippen molar-refractivity contribution in [2.75, 3.05) is 18.0 Å². The van der Waals surface area contributed by atoms with Gasteiger partial charge in [-0.1, -0.05) is 12.1 Å². The number of piperidine rings is 1. The van der Waals surface area contributed by atoms with Gasteiger partial charge < -0.3 is 9.69 Å². The standard InChI is InChI=1S/C22H24N2O5/c25-10-2-3-13-11-24(12-13)17-5-1-4-16-18(26)8-6-14(21(28)20(16)17)15-7-9-19(27)23-22(15)29/h1,4-5,10,13-15H,2-3,6-9,11-12H2,(H,23,27,29). The maximum Gasteiger partial charge on any atom is 0.230 e. The maximum absolute atomic E-state index is 13.5. The summed E-state index contributed by atoms with van der Waals surface area (Å²) in [4.78, 5) is 62.8. The van der Waals surface area contributed by atoms with Crippen molar-refractivity contribution < 1.29 is 24.0 Å². The number of hydrogen-bond acceptors (Lipinski definition) is 6. The number of fused-ring (bicyclic) bond motifs is 1. The molecule has 2 unspecified atom stereocenters. The van der Waals surface area contributed by atoms with E-state index in [0.717, 1.165) is 31.5 Å². The van der Waals surface area contributed by atoms with Crippen LogP contribution in [0.4, 0.5) is 5.69 Å². The SMILES string of the molecule is O=CCCC1CN(c2cccc3c2C(=O)C(C2CCC(=O)NC2=O)CCC3=O)C1. The predicted molar refractivity (Wildman–Crippen MR) is 105 cm³/mol. The number of nitrogens with zero attached hydrogens (tertiary/aromatic N) is 1. The van der Waals surface area contributed by atoms with Gasteiger partial charge >= 0.3 is 0 Å². The molecule has 29 heavy (non-hydrogen) atoms. The minimum atomic E-state index is -0.596. The highest BCUT2D eigenvalue weighted by molar-refractivity contribution is 6.15. The van der Waals surface area contributed by atoms with Crippen molar-refractivity contribution in [1.29, 1.82) is 0 Å². The van der Waals surface area contributed by atoms with Crippen molar-refractivity contribution in [1.82, 2.24) is 5.32 Å². The Hall–Kier alpha value is -2.83. The molecule has 2 amide bonds. The third-order valence-electron chi connectivity index (χ3n) is 6.37. The number of aldehydes is 1. The number of hydrogen-bond donors (Lipinski definition) is 1. The first-order valence-electron chi connectivity index (χ1n) is 10.2. The predicted octanol–water partition coefficient (Wildman–Crippen LogP) is 1.93. The van der Waals surface area contributed by atoms with Gasteiger partial charge in [-0.05, 0) is 31.2 Å². The first kappa shape index (κ1) is 19.5. The number of rotatable bonds is 5. The topological polar surface area (TPSA) is 101 Å². The van der Waals surface area contributed by atoms with E-state index < -0.39 is 17.7 Å². The van der Waals surface area contributed by atoms with Gasteiger partial charge in [-0.3, -0.25) is 24.5 Å². The van der Waals surface area contributed by atoms with E-state index in [1.165, 1.54) is 0 Å². The van der Waals surface area contributed by atoms with Crippen LogP contribution in [0.5, 0.6) is 0 Å². The molecule has 0 bridgehead atoms. The van der Waals surface area contributed by atoms with Crippen molar-refractivity contribution in [2.45, 2.75) is 38.5 Å². The van der Waals surface area contributed by atoms with Gasteiger partial charge in [0.1, 0.15) is 6.29 Å². The molecule has 1 aromatic carbocycles. The van der Waals surface area contributed by atoms with Crippen LogP contribution in [0.1, 0.15) is 59.2 Å². The second kappa shape index (κ2) is 7.89. The molecule has 0 spiro atoms. The lowest BCUT2D eigenvalue weighted by Crippen LogP contribution is -2.48. The Bertz CT molecular complexity index is 887. The van der Waals surface area contributed by atoms with Crippen LogP contribution in [0.2, 0.25) is 0 Å². The Morgan fingerprint density at radius 1 is 1.03 bits per heavy atom. The number of benzene rings is 1. The Morgan fingerprint density at radius 3 is 2.52 bits per heavy atom. The third kappa shape index (κ3) is 3.61. The molecular weight excluding hydrogens is 372 g/mol. The summed E-state index contributed by atoms with van der Waals surface area (Å²) in [6.07, 6.45) is 3.36. The molecule has 2 fully saturated rings. The van der Waals surface area contributed by atoms with Crippen LogP contribution in [0, 0.1) is 17.8 Å². The smallest absolute Gasteiger partial charge is 0.230 e. The number of anilines is 1. The summed E-state index contributed by atoms with van der Waals surface area (Å²) in [6, 6.07) is 5.34. The van der Waals surface area contributed by atoms with Crippen molar-refractivity contribution in [3.63, 3.8) is 0 Å². The van der Waals surface area contributed by atoms with Gasteiger partial charge in [0.2, 0.25) is 11.8 Å². The van der Waals surface area contributed by atoms with Gasteiger partial charge in [-0.25, -0.2) is 0 Å². The van der Waals surface area contributed by atoms with Crippen LogP contribution in [0.15, 0.2) is 18.2 Å². The summed E-state index contributed by atoms with van der Waals surface area (Å²) in [5.74, 6) is -1.75. The number of Topliss-reactive ketones (excluding diaryl/α,β-unsaturated/α-hetero) is 2. The number of nitrogens with one attached hydrogen (secondary N) is 1. The Morgan fingerprint density at radius 2 is 1.79 bits per heavy atom. The summed E-state index contributed by atoms with van der Waals surface area (Å²) in [5, 5.41) is 2.33. The average molecular weight is 396 g/mol. The maximum atomic E-state index is 13.5. The fourth-order valence-corrected chi connectivity index (χ4v) is 4.76. The molecule has 0 saturated carbocycles. The minimum Gasteiger partial charge on any atom is -0.370 e. The fraction of sp³-hybridized carbons (Fsp3) is 0.500. The van der Waals surface area contributed by atoms with Crippen LogP contribution in [0.25, 0.3) is 0 Å². The van der Waals surface area contributed by atoms with E-state index in [2.05, 4.69) is 10.2 Å². The zero-order valence-electron chi connectivity index (χ0n) is 16.2. The number of carbonyl (C=O) groups is 5. The number of carbonyl (C=O) groups excluding carboxylic acids is 5. The van der Waals surface area contributed by atoms with Gasteiger partial charge in [-0.15, -0.1) is 0 Å². The highest BCUT2D eigenvalue weighted by Gasteiger charge is 2.42. The Labute approximate surface area is 168 Å². The van der Waals surface area contributed by atoms with E-state index in [1.807, 2.05) is 6.07 Å². The zero-order chi connectivity index (χ0) is 20.5. The van der Waals surface area contributed by atoms with Crippen molar-refractivity contribution >= 4 is 35.4 Å². The van der Waals surface area contributed by atoms with Crippen LogP contribution in [0.3, 0.4) is 0 Å². The highest BCUT2D eigenvalue weighted by atomic mass is 16.2. The van der Waals surface area contributed by atoms with Crippen LogP contribution in [-0.2, 0) is 14.4 Å². The molecule has 1 N–H and O–H groups in total. The van der Waals surface area contributed by atoms with E-state index in [4.69, 9.17) is 0 Å². The lowest BCUT2D eigenvalue weighted by molar-refractivity contribution is -0.137. The van der Waals surface area contributed by atoms with E-state index in [9.17, 15) is 24.0 Å². The molecule has 1 aliphatic carbocycles. The zero-order valence-corrected chi connectivity index (χ0v) is 16.2. The molecule has 4 rings (SSSR count). The van der Waals surface area contributed by atoms with E-state index >= 15 is 0 Å². The summed E-state index contributed by atoms with van der Waals surface area (Å²) < 4.78 is 0. The van der Waals surface area contributed by atoms with Crippen LogP contribution in [-0.4, -0.2) is 42.8 Å². The Balaban J connectivity index is 1.63. The molecule has 0 radical (unpaired) electrons. The van der Waals surface area contributed by atoms with E-state index in [1.54, 1.807) is 12.1 Å². The largest absolute Gasteiger partial charge is 0.370 e. The van der Waals surface area contributed by atoms with Gasteiger partial charge in [0.05, 0.1) is 5.56 Å². The molecule has 2 atom stereocenters. The van der Waals surface area contributed by atoms with Crippen LogP contribution >= 0.6 is 0 Å². The molecule has 2 aliphatic heterocycles. The minimum absolute atomic E-state index is 0.0805. The molecule has 3 aliphatic rings. The summed E-state index contributed by atoms with van der Waals surface area (Å²) >= 11 is 0. The second-order valence-electron chi connectivity index (χ2n) is 8.20. The van der Waals surface area contributed by atoms with E-state index in [-0.39, 0.29) is 30.3 Å². The van der Waals surface area contributed by atoms with Gasteiger partial charge in [0.15, 0.2) is 11.6 Å². The molecule has 0 aromatic heterocycles. The molecular formula is C22H24N2O5. The van der Waals surface area contributed by atoms with Crippen LogP contribution < -0.4 is 10.2 Å². The molecule has 2 heterocycles. The molecule has 2 saturated heterocycles. The lowest BCUT2D eigenvalue weighted by atomic mass is 9.78. The molecule has 7 nitrogen and oxygen atoms in total. The third-order valence-corrected chi connectivity index (χ3v) is 6.37. The van der Waals surface area contributed by atoms with Gasteiger partial charge in [0, 0.05) is 55.4 Å². The molecule has 7 heteroatoms. The Kier molecular flexibility index (Phi) is 5.30. The first-order chi connectivity index (χ1) is 14.0. The number of ketones is 2. The molecule has 152 valence electrons.